The number of ether oxygens (including phenoxy) is 2. The molecule has 1 unspecified atom stereocenters. The van der Waals surface area contributed by atoms with Crippen molar-refractivity contribution in [2.45, 2.75) is 57.7 Å². The molecule has 0 aliphatic carbocycles. The SMILES string of the molecule is Cc1nn(C)c(C)c1OCC(=O)N[C@H]1CCC(=O)N[C@@H]1C1CCCO1. The molecule has 25 heavy (non-hydrogen) atoms. The van der Waals surface area contributed by atoms with E-state index in [9.17, 15) is 9.59 Å². The Labute approximate surface area is 147 Å². The molecule has 0 radical (unpaired) electrons. The van der Waals surface area contributed by atoms with Gasteiger partial charge in [0.15, 0.2) is 12.4 Å². The van der Waals surface area contributed by atoms with Crippen molar-refractivity contribution in [3.63, 3.8) is 0 Å². The Bertz CT molecular complexity index is 651. The largest absolute Gasteiger partial charge is 0.480 e. The molecule has 1 aromatic heterocycles. The van der Waals surface area contributed by atoms with Crippen molar-refractivity contribution in [2.24, 2.45) is 7.05 Å². The topological polar surface area (TPSA) is 94.5 Å². The maximum atomic E-state index is 12.3. The zero-order chi connectivity index (χ0) is 18.0. The van der Waals surface area contributed by atoms with Gasteiger partial charge in [0.05, 0.1) is 23.9 Å². The first-order chi connectivity index (χ1) is 12.0. The molecule has 0 aromatic carbocycles. The predicted molar refractivity (Wildman–Crippen MR) is 90.2 cm³/mol. The van der Waals surface area contributed by atoms with Crippen molar-refractivity contribution in [1.29, 1.82) is 0 Å². The van der Waals surface area contributed by atoms with Crippen molar-refractivity contribution in [1.82, 2.24) is 20.4 Å². The molecule has 2 amide bonds. The van der Waals surface area contributed by atoms with Crippen molar-refractivity contribution in [3.8, 4) is 5.75 Å². The van der Waals surface area contributed by atoms with Crippen molar-refractivity contribution < 1.29 is 19.1 Å². The average molecular weight is 350 g/mol. The zero-order valence-electron chi connectivity index (χ0n) is 15.0. The first-order valence-corrected chi connectivity index (χ1v) is 8.79. The maximum absolute atomic E-state index is 12.3. The molecular formula is C17H26N4O4. The van der Waals surface area contributed by atoms with E-state index in [1.807, 2.05) is 20.9 Å². The number of aromatic nitrogens is 2. The number of hydrogen-bond donors (Lipinski definition) is 2. The molecule has 2 aliphatic heterocycles. The van der Waals surface area contributed by atoms with Crippen LogP contribution < -0.4 is 15.4 Å². The summed E-state index contributed by atoms with van der Waals surface area (Å²) < 4.78 is 13.1. The minimum atomic E-state index is -0.202. The summed E-state index contributed by atoms with van der Waals surface area (Å²) >= 11 is 0. The molecule has 8 heteroatoms. The highest BCUT2D eigenvalue weighted by molar-refractivity contribution is 5.80. The summed E-state index contributed by atoms with van der Waals surface area (Å²) in [4.78, 5) is 24.1. The van der Waals surface area contributed by atoms with Crippen molar-refractivity contribution in [3.05, 3.63) is 11.4 Å². The fourth-order valence-corrected chi connectivity index (χ4v) is 3.57. The van der Waals surface area contributed by atoms with Gasteiger partial charge in [-0.2, -0.15) is 5.10 Å². The van der Waals surface area contributed by atoms with Crippen LogP contribution in [0.2, 0.25) is 0 Å². The van der Waals surface area contributed by atoms with Crippen LogP contribution in [0.4, 0.5) is 0 Å². The van der Waals surface area contributed by atoms with Gasteiger partial charge in [-0.15, -0.1) is 0 Å². The van der Waals surface area contributed by atoms with Gasteiger partial charge in [0.2, 0.25) is 5.91 Å². The summed E-state index contributed by atoms with van der Waals surface area (Å²) in [6.07, 6.45) is 2.89. The molecular weight excluding hydrogens is 324 g/mol. The molecule has 1 aromatic rings. The van der Waals surface area contributed by atoms with Crippen LogP contribution in [0.5, 0.6) is 5.75 Å². The number of rotatable bonds is 5. The minimum Gasteiger partial charge on any atom is -0.480 e. The monoisotopic (exact) mass is 350 g/mol. The zero-order valence-corrected chi connectivity index (χ0v) is 15.0. The molecule has 3 rings (SSSR count). The first-order valence-electron chi connectivity index (χ1n) is 8.79. The van der Waals surface area contributed by atoms with E-state index in [2.05, 4.69) is 15.7 Å². The molecule has 3 atom stereocenters. The van der Waals surface area contributed by atoms with Gasteiger partial charge in [0.25, 0.3) is 5.91 Å². The van der Waals surface area contributed by atoms with Crippen molar-refractivity contribution >= 4 is 11.8 Å². The highest BCUT2D eigenvalue weighted by Crippen LogP contribution is 2.23. The lowest BCUT2D eigenvalue weighted by atomic mass is 9.92. The number of nitrogens with one attached hydrogen (secondary N) is 2. The third-order valence-electron chi connectivity index (χ3n) is 4.95. The van der Waals surface area contributed by atoms with Gasteiger partial charge in [-0.25, -0.2) is 0 Å². The van der Waals surface area contributed by atoms with Gasteiger partial charge in [-0.1, -0.05) is 0 Å². The quantitative estimate of drug-likeness (QED) is 0.799. The van der Waals surface area contributed by atoms with E-state index in [0.717, 1.165) is 24.2 Å². The predicted octanol–water partition coefficient (Wildman–Crippen LogP) is 0.358. The molecule has 0 spiro atoms. The number of amides is 2. The van der Waals surface area contributed by atoms with Gasteiger partial charge in [0, 0.05) is 20.1 Å². The Kier molecular flexibility index (Phi) is 5.27. The number of piperidine rings is 1. The molecule has 0 bridgehead atoms. The van der Waals surface area contributed by atoms with E-state index < -0.39 is 0 Å². The summed E-state index contributed by atoms with van der Waals surface area (Å²) in [6, 6.07) is -0.303. The number of hydrogen-bond acceptors (Lipinski definition) is 5. The van der Waals surface area contributed by atoms with Crippen LogP contribution >= 0.6 is 0 Å². The summed E-state index contributed by atoms with van der Waals surface area (Å²) in [5.74, 6) is 0.459. The van der Waals surface area contributed by atoms with E-state index in [1.54, 1.807) is 4.68 Å². The smallest absolute Gasteiger partial charge is 0.258 e. The fraction of sp³-hybridized carbons (Fsp3) is 0.706. The third kappa shape index (κ3) is 3.95. The Balaban J connectivity index is 1.57. The third-order valence-corrected chi connectivity index (χ3v) is 4.95. The molecule has 2 N–H and O–H groups in total. The molecule has 2 saturated heterocycles. The lowest BCUT2D eigenvalue weighted by Crippen LogP contribution is -2.60. The highest BCUT2D eigenvalue weighted by atomic mass is 16.5. The molecule has 2 aliphatic rings. The second kappa shape index (κ2) is 7.43. The number of carbonyl (C=O) groups is 2. The van der Waals surface area contributed by atoms with Crippen LogP contribution in [-0.2, 0) is 21.4 Å². The number of aryl methyl sites for hydroxylation is 2. The summed E-state index contributed by atoms with van der Waals surface area (Å²) in [5.41, 5.74) is 1.64. The van der Waals surface area contributed by atoms with Gasteiger partial charge >= 0.3 is 0 Å². The summed E-state index contributed by atoms with van der Waals surface area (Å²) in [5, 5.41) is 10.2. The summed E-state index contributed by atoms with van der Waals surface area (Å²) in [7, 11) is 1.84. The van der Waals surface area contributed by atoms with Crippen LogP contribution in [0.3, 0.4) is 0 Å². The van der Waals surface area contributed by atoms with Gasteiger partial charge in [-0.3, -0.25) is 14.3 Å². The van der Waals surface area contributed by atoms with E-state index in [-0.39, 0.29) is 36.6 Å². The van der Waals surface area contributed by atoms with Crippen LogP contribution in [0.25, 0.3) is 0 Å². The average Bonchev–Trinajstić information content (AvgIpc) is 3.17. The molecule has 138 valence electrons. The standard InChI is InChI=1S/C17H26N4O4/c1-10-17(11(2)21(3)20-10)25-9-15(23)18-12-6-7-14(22)19-16(12)13-5-4-8-24-13/h12-13,16H,4-9H2,1-3H3,(H,18,23)(H,19,22)/t12-,13?,16-/m0/s1. The fourth-order valence-electron chi connectivity index (χ4n) is 3.57. The Hall–Kier alpha value is -2.09. The first kappa shape index (κ1) is 17.7. The maximum Gasteiger partial charge on any atom is 0.258 e. The summed E-state index contributed by atoms with van der Waals surface area (Å²) in [6.45, 7) is 4.39. The lowest BCUT2D eigenvalue weighted by Gasteiger charge is -2.36. The second-order valence-corrected chi connectivity index (χ2v) is 6.77. The lowest BCUT2D eigenvalue weighted by molar-refractivity contribution is -0.129. The van der Waals surface area contributed by atoms with Crippen molar-refractivity contribution in [2.75, 3.05) is 13.2 Å². The van der Waals surface area contributed by atoms with Gasteiger partial charge in [0.1, 0.15) is 5.69 Å². The molecule has 0 saturated carbocycles. The van der Waals surface area contributed by atoms with E-state index in [0.29, 0.717) is 25.2 Å². The Morgan fingerprint density at radius 2 is 2.24 bits per heavy atom. The van der Waals surface area contributed by atoms with Crippen LogP contribution in [-0.4, -0.2) is 53.0 Å². The molecule has 8 nitrogen and oxygen atoms in total. The normalized spacial score (nSPS) is 26.4. The molecule has 2 fully saturated rings. The Morgan fingerprint density at radius 3 is 2.88 bits per heavy atom. The van der Waals surface area contributed by atoms with E-state index in [4.69, 9.17) is 9.47 Å². The van der Waals surface area contributed by atoms with Crippen LogP contribution in [0.15, 0.2) is 0 Å². The van der Waals surface area contributed by atoms with Crippen LogP contribution in [0.1, 0.15) is 37.1 Å². The molecule has 3 heterocycles. The van der Waals surface area contributed by atoms with Crippen LogP contribution in [0, 0.1) is 13.8 Å². The minimum absolute atomic E-state index is 0.0175. The second-order valence-electron chi connectivity index (χ2n) is 6.77. The van der Waals surface area contributed by atoms with E-state index in [1.165, 1.54) is 0 Å². The van der Waals surface area contributed by atoms with E-state index >= 15 is 0 Å². The number of carbonyl (C=O) groups excluding carboxylic acids is 2. The highest BCUT2D eigenvalue weighted by Gasteiger charge is 2.37. The Morgan fingerprint density at radius 1 is 1.44 bits per heavy atom. The van der Waals surface area contributed by atoms with Gasteiger partial charge in [-0.05, 0) is 33.1 Å². The number of nitrogens with zero attached hydrogens (tertiary/aromatic N) is 2. The van der Waals surface area contributed by atoms with Gasteiger partial charge < -0.3 is 20.1 Å².